The van der Waals surface area contributed by atoms with E-state index in [1.54, 1.807) is 11.0 Å². The number of rotatable bonds is 5. The Morgan fingerprint density at radius 3 is 2.79 bits per heavy atom. The summed E-state index contributed by atoms with van der Waals surface area (Å²) in [6, 6.07) is 3.63. The van der Waals surface area contributed by atoms with E-state index in [2.05, 4.69) is 11.8 Å². The molecule has 3 rings (SSSR count). The molecule has 3 heterocycles. The zero-order valence-corrected chi connectivity index (χ0v) is 14.6. The van der Waals surface area contributed by atoms with E-state index in [1.807, 2.05) is 13.0 Å². The molecule has 1 aromatic rings. The number of amides is 1. The number of aliphatic hydroxyl groups excluding tert-OH is 1. The topological polar surface area (TPSA) is 66.2 Å². The van der Waals surface area contributed by atoms with Gasteiger partial charge in [-0.3, -0.25) is 9.69 Å². The number of piperidine rings is 1. The maximum absolute atomic E-state index is 12.5. The average Bonchev–Trinajstić information content (AvgIpc) is 3.17. The maximum Gasteiger partial charge on any atom is 0.289 e. The third-order valence-electron chi connectivity index (χ3n) is 5.03. The van der Waals surface area contributed by atoms with E-state index >= 15 is 0 Å². The highest BCUT2D eigenvalue weighted by atomic mass is 16.5. The highest BCUT2D eigenvalue weighted by molar-refractivity contribution is 5.91. The molecule has 0 bridgehead atoms. The van der Waals surface area contributed by atoms with Gasteiger partial charge in [0.25, 0.3) is 5.91 Å². The monoisotopic (exact) mass is 336 g/mol. The molecule has 0 unspecified atom stereocenters. The third kappa shape index (κ3) is 3.99. The van der Waals surface area contributed by atoms with Gasteiger partial charge in [0, 0.05) is 13.2 Å². The van der Waals surface area contributed by atoms with E-state index < -0.39 is 6.10 Å². The summed E-state index contributed by atoms with van der Waals surface area (Å²) in [5.74, 6) is 1.80. The second-order valence-corrected chi connectivity index (χ2v) is 7.00. The first-order chi connectivity index (χ1) is 11.6. The Labute approximate surface area is 143 Å². The molecule has 0 spiro atoms. The molecule has 134 valence electrons. The Balaban J connectivity index is 1.56. The van der Waals surface area contributed by atoms with Crippen LogP contribution in [0.25, 0.3) is 0 Å². The Kier molecular flexibility index (Phi) is 5.58. The molecule has 2 fully saturated rings. The van der Waals surface area contributed by atoms with Gasteiger partial charge in [-0.2, -0.15) is 0 Å². The largest absolute Gasteiger partial charge is 0.455 e. The van der Waals surface area contributed by atoms with E-state index in [9.17, 15) is 9.90 Å². The first-order valence-electron chi connectivity index (χ1n) is 8.96. The lowest BCUT2D eigenvalue weighted by Crippen LogP contribution is -2.32. The predicted molar refractivity (Wildman–Crippen MR) is 89.7 cm³/mol. The number of carbonyl (C=O) groups excluding carboxylic acids is 1. The normalized spacial score (nSPS) is 26.2. The van der Waals surface area contributed by atoms with Crippen molar-refractivity contribution in [2.24, 2.45) is 5.92 Å². The molecule has 2 saturated heterocycles. The molecule has 2 atom stereocenters. The SMILES string of the molecule is CCO[C@@H]1CN(C(=O)c2ccc(CN3CCC(C)CC3)o2)C[C@H]1O. The van der Waals surface area contributed by atoms with Gasteiger partial charge in [-0.1, -0.05) is 6.92 Å². The number of hydrogen-bond donors (Lipinski definition) is 1. The number of carbonyl (C=O) groups is 1. The van der Waals surface area contributed by atoms with Gasteiger partial charge in [-0.25, -0.2) is 0 Å². The maximum atomic E-state index is 12.5. The minimum Gasteiger partial charge on any atom is -0.455 e. The molecule has 2 aliphatic heterocycles. The number of ether oxygens (including phenoxy) is 1. The number of hydrogen-bond acceptors (Lipinski definition) is 5. The molecule has 0 radical (unpaired) electrons. The Bertz CT molecular complexity index is 551. The highest BCUT2D eigenvalue weighted by Crippen LogP contribution is 2.21. The minimum absolute atomic E-state index is 0.172. The zero-order chi connectivity index (χ0) is 17.1. The van der Waals surface area contributed by atoms with Crippen LogP contribution in [0.2, 0.25) is 0 Å². The van der Waals surface area contributed by atoms with Crippen molar-refractivity contribution in [2.45, 2.75) is 45.4 Å². The van der Waals surface area contributed by atoms with Crippen LogP contribution in [0.4, 0.5) is 0 Å². The van der Waals surface area contributed by atoms with Crippen molar-refractivity contribution in [1.82, 2.24) is 9.80 Å². The van der Waals surface area contributed by atoms with Gasteiger partial charge in [0.2, 0.25) is 0 Å². The van der Waals surface area contributed by atoms with Crippen molar-refractivity contribution < 1.29 is 19.1 Å². The van der Waals surface area contributed by atoms with E-state index in [1.165, 1.54) is 12.8 Å². The van der Waals surface area contributed by atoms with Gasteiger partial charge in [0.15, 0.2) is 5.76 Å². The van der Waals surface area contributed by atoms with Gasteiger partial charge in [0.05, 0.1) is 19.2 Å². The van der Waals surface area contributed by atoms with Crippen LogP contribution in [0.15, 0.2) is 16.5 Å². The summed E-state index contributed by atoms with van der Waals surface area (Å²) in [6.45, 7) is 8.34. The molecule has 1 amide bonds. The predicted octanol–water partition coefficient (Wildman–Crippen LogP) is 1.73. The second kappa shape index (κ2) is 7.68. The van der Waals surface area contributed by atoms with E-state index in [0.717, 1.165) is 31.3 Å². The standard InChI is InChI=1S/C18H28N2O4/c1-3-23-17-12-20(11-15(17)21)18(22)16-5-4-14(24-16)10-19-8-6-13(2)7-9-19/h4-5,13,15,17,21H,3,6-12H2,1-2H3/t15-,17-/m1/s1. The lowest BCUT2D eigenvalue weighted by atomic mass is 9.99. The van der Waals surface area contributed by atoms with Gasteiger partial charge in [0.1, 0.15) is 11.9 Å². The smallest absolute Gasteiger partial charge is 0.289 e. The van der Waals surface area contributed by atoms with Crippen LogP contribution >= 0.6 is 0 Å². The fraction of sp³-hybridized carbons (Fsp3) is 0.722. The van der Waals surface area contributed by atoms with Crippen molar-refractivity contribution in [3.63, 3.8) is 0 Å². The van der Waals surface area contributed by atoms with Crippen LogP contribution in [0.1, 0.15) is 43.0 Å². The Hall–Kier alpha value is -1.37. The molecule has 1 aromatic heterocycles. The van der Waals surface area contributed by atoms with Crippen LogP contribution in [0.5, 0.6) is 0 Å². The summed E-state index contributed by atoms with van der Waals surface area (Å²) < 4.78 is 11.2. The fourth-order valence-electron chi connectivity index (χ4n) is 3.47. The minimum atomic E-state index is -0.626. The van der Waals surface area contributed by atoms with Crippen molar-refractivity contribution in [1.29, 1.82) is 0 Å². The Morgan fingerprint density at radius 2 is 2.08 bits per heavy atom. The van der Waals surface area contributed by atoms with E-state index in [4.69, 9.17) is 9.15 Å². The lowest BCUT2D eigenvalue weighted by molar-refractivity contribution is -0.00239. The van der Waals surface area contributed by atoms with Gasteiger partial charge in [-0.05, 0) is 50.9 Å². The molecule has 0 saturated carbocycles. The molecular weight excluding hydrogens is 308 g/mol. The van der Waals surface area contributed by atoms with E-state index in [0.29, 0.717) is 25.5 Å². The summed E-state index contributed by atoms with van der Waals surface area (Å²) in [4.78, 5) is 16.5. The average molecular weight is 336 g/mol. The molecule has 0 aromatic carbocycles. The van der Waals surface area contributed by atoms with Crippen molar-refractivity contribution in [3.8, 4) is 0 Å². The molecular formula is C18H28N2O4. The van der Waals surface area contributed by atoms with Gasteiger partial charge in [-0.15, -0.1) is 0 Å². The molecule has 24 heavy (non-hydrogen) atoms. The number of furan rings is 1. The highest BCUT2D eigenvalue weighted by Gasteiger charge is 2.35. The molecule has 6 nitrogen and oxygen atoms in total. The summed E-state index contributed by atoms with van der Waals surface area (Å²) in [7, 11) is 0. The van der Waals surface area contributed by atoms with E-state index in [-0.39, 0.29) is 12.0 Å². The van der Waals surface area contributed by atoms with Crippen LogP contribution in [-0.2, 0) is 11.3 Å². The van der Waals surface area contributed by atoms with Gasteiger partial charge < -0.3 is 19.2 Å². The molecule has 0 aliphatic carbocycles. The molecule has 6 heteroatoms. The number of likely N-dealkylation sites (tertiary alicyclic amines) is 2. The fourth-order valence-corrected chi connectivity index (χ4v) is 3.47. The zero-order valence-electron chi connectivity index (χ0n) is 14.6. The molecule has 2 aliphatic rings. The summed E-state index contributed by atoms with van der Waals surface area (Å²) in [6.07, 6.45) is 1.51. The van der Waals surface area contributed by atoms with Crippen LogP contribution in [0.3, 0.4) is 0 Å². The molecule has 1 N–H and O–H groups in total. The van der Waals surface area contributed by atoms with Crippen LogP contribution in [0, 0.1) is 5.92 Å². The quantitative estimate of drug-likeness (QED) is 0.887. The lowest BCUT2D eigenvalue weighted by Gasteiger charge is -2.29. The van der Waals surface area contributed by atoms with Crippen molar-refractivity contribution >= 4 is 5.91 Å². The number of nitrogens with zero attached hydrogens (tertiary/aromatic N) is 2. The third-order valence-corrected chi connectivity index (χ3v) is 5.03. The number of aliphatic hydroxyl groups is 1. The summed E-state index contributed by atoms with van der Waals surface area (Å²) in [5.41, 5.74) is 0. The van der Waals surface area contributed by atoms with Crippen LogP contribution < -0.4 is 0 Å². The van der Waals surface area contributed by atoms with Crippen molar-refractivity contribution in [2.75, 3.05) is 32.8 Å². The van der Waals surface area contributed by atoms with Crippen LogP contribution in [-0.4, -0.2) is 65.8 Å². The first kappa shape index (κ1) is 17.5. The first-order valence-corrected chi connectivity index (χ1v) is 8.96. The second-order valence-electron chi connectivity index (χ2n) is 7.00. The number of β-amino-alcohol motifs (C(OH)–C–C–N with tert-alkyl or cyclic N) is 1. The van der Waals surface area contributed by atoms with Crippen molar-refractivity contribution in [3.05, 3.63) is 23.7 Å². The van der Waals surface area contributed by atoms with Gasteiger partial charge >= 0.3 is 0 Å². The summed E-state index contributed by atoms with van der Waals surface area (Å²) in [5, 5.41) is 9.97. The Morgan fingerprint density at radius 1 is 1.33 bits per heavy atom. The summed E-state index contributed by atoms with van der Waals surface area (Å²) >= 11 is 0.